The lowest BCUT2D eigenvalue weighted by molar-refractivity contribution is -0.115. The molecule has 2 N–H and O–H groups in total. The van der Waals surface area contributed by atoms with E-state index in [9.17, 15) is 13.2 Å². The number of aromatic nitrogens is 2. The Morgan fingerprint density at radius 2 is 2.11 bits per heavy atom. The zero-order valence-corrected chi connectivity index (χ0v) is 16.8. The van der Waals surface area contributed by atoms with Gasteiger partial charge in [0.05, 0.1) is 31.2 Å². The fraction of sp³-hybridized carbons (Fsp3) is 0.167. The highest BCUT2D eigenvalue weighted by Crippen LogP contribution is 2.29. The summed E-state index contributed by atoms with van der Waals surface area (Å²) in [5.41, 5.74) is 2.34. The largest absolute Gasteiger partial charge is 0.494 e. The smallest absolute Gasteiger partial charge is 0.230 e. The van der Waals surface area contributed by atoms with Crippen molar-refractivity contribution in [3.63, 3.8) is 0 Å². The molecule has 3 aromatic rings. The van der Waals surface area contributed by atoms with E-state index in [1.807, 2.05) is 17.5 Å². The van der Waals surface area contributed by atoms with Gasteiger partial charge in [-0.1, -0.05) is 0 Å². The number of carbonyl (C=O) groups excluding carboxylic acids is 1. The zero-order valence-electron chi connectivity index (χ0n) is 15.2. The molecule has 1 amide bonds. The summed E-state index contributed by atoms with van der Waals surface area (Å²) < 4.78 is 30.3. The van der Waals surface area contributed by atoms with Crippen molar-refractivity contribution >= 4 is 38.6 Å². The third kappa shape index (κ3) is 5.27. The Balaban J connectivity index is 1.67. The van der Waals surface area contributed by atoms with Crippen LogP contribution in [0.5, 0.6) is 5.75 Å². The van der Waals surface area contributed by atoms with Gasteiger partial charge in [0.1, 0.15) is 10.8 Å². The van der Waals surface area contributed by atoms with Crippen LogP contribution in [-0.4, -0.2) is 37.7 Å². The number of amides is 1. The van der Waals surface area contributed by atoms with E-state index in [4.69, 9.17) is 4.74 Å². The fourth-order valence-corrected chi connectivity index (χ4v) is 3.81. The first kappa shape index (κ1) is 19.8. The number of ether oxygens (including phenoxy) is 1. The number of rotatable bonds is 7. The van der Waals surface area contributed by atoms with Gasteiger partial charge in [-0.15, -0.1) is 11.3 Å². The van der Waals surface area contributed by atoms with Crippen LogP contribution in [0.2, 0.25) is 0 Å². The van der Waals surface area contributed by atoms with Gasteiger partial charge in [-0.25, -0.2) is 13.4 Å². The first-order valence-corrected chi connectivity index (χ1v) is 10.9. The predicted molar refractivity (Wildman–Crippen MR) is 109 cm³/mol. The van der Waals surface area contributed by atoms with Gasteiger partial charge < -0.3 is 10.1 Å². The molecular weight excluding hydrogens is 400 g/mol. The van der Waals surface area contributed by atoms with Crippen LogP contribution in [0.25, 0.3) is 10.6 Å². The van der Waals surface area contributed by atoms with E-state index in [2.05, 4.69) is 20.0 Å². The van der Waals surface area contributed by atoms with Gasteiger partial charge in [0.25, 0.3) is 0 Å². The number of benzene rings is 1. The van der Waals surface area contributed by atoms with Gasteiger partial charge in [0.2, 0.25) is 15.9 Å². The van der Waals surface area contributed by atoms with E-state index in [1.54, 1.807) is 24.5 Å². The summed E-state index contributed by atoms with van der Waals surface area (Å²) in [6.07, 6.45) is 4.58. The van der Waals surface area contributed by atoms with Crippen molar-refractivity contribution in [2.24, 2.45) is 0 Å². The molecule has 2 aromatic heterocycles. The lowest BCUT2D eigenvalue weighted by atomic mass is 10.2. The maximum absolute atomic E-state index is 12.3. The molecule has 8 nitrogen and oxygen atoms in total. The van der Waals surface area contributed by atoms with Gasteiger partial charge >= 0.3 is 0 Å². The highest BCUT2D eigenvalue weighted by molar-refractivity contribution is 7.92. The quantitative estimate of drug-likeness (QED) is 0.610. The second kappa shape index (κ2) is 8.36. The van der Waals surface area contributed by atoms with Crippen molar-refractivity contribution < 1.29 is 17.9 Å². The Bertz CT molecular complexity index is 1080. The molecule has 0 aliphatic heterocycles. The Labute approximate surface area is 166 Å². The van der Waals surface area contributed by atoms with E-state index in [-0.39, 0.29) is 12.3 Å². The van der Waals surface area contributed by atoms with E-state index in [1.165, 1.54) is 24.5 Å². The maximum atomic E-state index is 12.3. The number of carbonyl (C=O) groups is 1. The number of sulfonamides is 1. The summed E-state index contributed by atoms with van der Waals surface area (Å²) in [6.45, 7) is 0. The van der Waals surface area contributed by atoms with Gasteiger partial charge in [-0.3, -0.25) is 14.5 Å². The molecule has 0 aliphatic rings. The van der Waals surface area contributed by atoms with Crippen LogP contribution >= 0.6 is 11.3 Å². The number of hydrogen-bond donors (Lipinski definition) is 2. The highest BCUT2D eigenvalue weighted by Gasteiger charge is 2.12. The Morgan fingerprint density at radius 3 is 2.79 bits per heavy atom. The van der Waals surface area contributed by atoms with Gasteiger partial charge in [0.15, 0.2) is 0 Å². The second-order valence-electron chi connectivity index (χ2n) is 5.90. The van der Waals surface area contributed by atoms with Crippen molar-refractivity contribution in [1.29, 1.82) is 0 Å². The minimum atomic E-state index is -3.44. The van der Waals surface area contributed by atoms with Gasteiger partial charge in [0, 0.05) is 35.1 Å². The van der Waals surface area contributed by atoms with Crippen LogP contribution in [0.4, 0.5) is 11.4 Å². The van der Waals surface area contributed by atoms with E-state index >= 15 is 0 Å². The number of pyridine rings is 1. The summed E-state index contributed by atoms with van der Waals surface area (Å²) in [5.74, 6) is 0.0599. The normalized spacial score (nSPS) is 11.1. The molecule has 0 fully saturated rings. The van der Waals surface area contributed by atoms with Crippen molar-refractivity contribution in [1.82, 2.24) is 9.97 Å². The standard InChI is InChI=1S/C18H18N4O4S2/c1-26-16-8-13(5-6-15(16)22-28(2,24)25)20-17(23)9-14-11-27-18(21-14)12-4-3-7-19-10-12/h3-8,10-11,22H,9H2,1-2H3,(H,20,23). The molecule has 3 rings (SSSR count). The molecular formula is C18H18N4O4S2. The minimum Gasteiger partial charge on any atom is -0.494 e. The Morgan fingerprint density at radius 1 is 1.29 bits per heavy atom. The minimum absolute atomic E-state index is 0.114. The number of thiazole rings is 1. The first-order valence-electron chi connectivity index (χ1n) is 8.14. The monoisotopic (exact) mass is 418 g/mol. The SMILES string of the molecule is COc1cc(NC(=O)Cc2csc(-c3cccnc3)n2)ccc1NS(C)(=O)=O. The van der Waals surface area contributed by atoms with Gasteiger partial charge in [-0.05, 0) is 24.3 Å². The van der Waals surface area contributed by atoms with Crippen LogP contribution in [0.3, 0.4) is 0 Å². The highest BCUT2D eigenvalue weighted by atomic mass is 32.2. The predicted octanol–water partition coefficient (Wildman–Crippen LogP) is 2.77. The molecule has 1 aromatic carbocycles. The Kier molecular flexibility index (Phi) is 5.90. The van der Waals surface area contributed by atoms with Crippen LogP contribution < -0.4 is 14.8 Å². The summed E-state index contributed by atoms with van der Waals surface area (Å²) in [5, 5.41) is 5.40. The third-order valence-electron chi connectivity index (χ3n) is 3.58. The summed E-state index contributed by atoms with van der Waals surface area (Å²) >= 11 is 1.45. The lowest BCUT2D eigenvalue weighted by Gasteiger charge is -2.12. The van der Waals surface area contributed by atoms with Crippen molar-refractivity contribution in [3.05, 3.63) is 53.8 Å². The number of methoxy groups -OCH3 is 1. The average molecular weight is 419 g/mol. The van der Waals surface area contributed by atoms with Crippen molar-refractivity contribution in [2.75, 3.05) is 23.4 Å². The number of anilines is 2. The molecule has 0 radical (unpaired) electrons. The average Bonchev–Trinajstić information content (AvgIpc) is 3.11. The maximum Gasteiger partial charge on any atom is 0.230 e. The molecule has 2 heterocycles. The molecule has 0 saturated heterocycles. The molecule has 0 unspecified atom stereocenters. The second-order valence-corrected chi connectivity index (χ2v) is 8.51. The van der Waals surface area contributed by atoms with E-state index in [0.717, 1.165) is 16.8 Å². The van der Waals surface area contributed by atoms with Crippen molar-refractivity contribution in [2.45, 2.75) is 6.42 Å². The lowest BCUT2D eigenvalue weighted by Crippen LogP contribution is -2.15. The molecule has 0 atom stereocenters. The van der Waals surface area contributed by atoms with Crippen LogP contribution in [0.1, 0.15) is 5.69 Å². The molecule has 0 spiro atoms. The zero-order chi connectivity index (χ0) is 20.1. The molecule has 0 saturated carbocycles. The molecule has 28 heavy (non-hydrogen) atoms. The molecule has 10 heteroatoms. The summed E-state index contributed by atoms with van der Waals surface area (Å²) in [4.78, 5) is 20.9. The van der Waals surface area contributed by atoms with Crippen molar-refractivity contribution in [3.8, 4) is 16.3 Å². The van der Waals surface area contributed by atoms with Crippen LogP contribution in [-0.2, 0) is 21.2 Å². The van der Waals surface area contributed by atoms with Crippen LogP contribution in [0, 0.1) is 0 Å². The van der Waals surface area contributed by atoms with E-state index < -0.39 is 10.0 Å². The molecule has 0 bridgehead atoms. The Hall–Kier alpha value is -2.98. The first-order chi connectivity index (χ1) is 13.3. The number of nitrogens with zero attached hydrogens (tertiary/aromatic N) is 2. The summed E-state index contributed by atoms with van der Waals surface area (Å²) in [6, 6.07) is 8.41. The number of nitrogens with one attached hydrogen (secondary N) is 2. The van der Waals surface area contributed by atoms with E-state index in [0.29, 0.717) is 22.8 Å². The fourth-order valence-electron chi connectivity index (χ4n) is 2.43. The third-order valence-corrected chi connectivity index (χ3v) is 5.11. The molecule has 0 aliphatic carbocycles. The van der Waals surface area contributed by atoms with Crippen LogP contribution in [0.15, 0.2) is 48.1 Å². The summed E-state index contributed by atoms with van der Waals surface area (Å²) in [7, 11) is -2.02. The molecule has 146 valence electrons. The number of hydrogen-bond acceptors (Lipinski definition) is 7. The topological polar surface area (TPSA) is 110 Å². The van der Waals surface area contributed by atoms with Gasteiger partial charge in [-0.2, -0.15) is 0 Å².